The number of likely N-dealkylation sites (tertiary alicyclic amines) is 1. The lowest BCUT2D eigenvalue weighted by Crippen LogP contribution is -2.26. The fourth-order valence-corrected chi connectivity index (χ4v) is 5.35. The molecule has 0 bridgehead atoms. The SMILES string of the molecule is Br.CN1CCCC1Cc1c[nH]c2ccc(CCS(=O)(=O)c3ccccc3)cc12.O. The third kappa shape index (κ3) is 5.28. The van der Waals surface area contributed by atoms with Crippen LogP contribution in [0.5, 0.6) is 0 Å². The van der Waals surface area contributed by atoms with Gasteiger partial charge in [0.1, 0.15) is 0 Å². The van der Waals surface area contributed by atoms with Crippen molar-refractivity contribution in [2.75, 3.05) is 19.3 Å². The van der Waals surface area contributed by atoms with Gasteiger partial charge in [-0.15, -0.1) is 17.0 Å². The molecule has 1 aliphatic rings. The van der Waals surface area contributed by atoms with Crippen LogP contribution in [-0.2, 0) is 22.7 Å². The van der Waals surface area contributed by atoms with Crippen LogP contribution in [-0.4, -0.2) is 49.2 Å². The summed E-state index contributed by atoms with van der Waals surface area (Å²) in [4.78, 5) is 6.21. The van der Waals surface area contributed by atoms with Crippen LogP contribution in [0.15, 0.2) is 59.6 Å². The predicted molar refractivity (Wildman–Crippen MR) is 124 cm³/mol. The van der Waals surface area contributed by atoms with E-state index in [0.29, 0.717) is 17.4 Å². The molecular formula is C22H29BrN2O3S. The van der Waals surface area contributed by atoms with E-state index in [1.165, 1.54) is 30.3 Å². The third-order valence-corrected chi connectivity index (χ3v) is 7.45. The molecule has 7 heteroatoms. The number of H-pyrrole nitrogens is 1. The van der Waals surface area contributed by atoms with E-state index < -0.39 is 9.84 Å². The second-order valence-corrected chi connectivity index (χ2v) is 9.67. The normalized spacial score (nSPS) is 17.1. The maximum absolute atomic E-state index is 12.5. The number of hydrogen-bond donors (Lipinski definition) is 1. The molecule has 0 aliphatic carbocycles. The van der Waals surface area contributed by atoms with Gasteiger partial charge in [-0.1, -0.05) is 24.3 Å². The highest BCUT2D eigenvalue weighted by atomic mass is 79.9. The van der Waals surface area contributed by atoms with Crippen molar-refractivity contribution in [3.63, 3.8) is 0 Å². The van der Waals surface area contributed by atoms with Crippen LogP contribution in [0, 0.1) is 0 Å². The first-order valence-electron chi connectivity index (χ1n) is 9.60. The van der Waals surface area contributed by atoms with Gasteiger partial charge >= 0.3 is 0 Å². The van der Waals surface area contributed by atoms with E-state index in [2.05, 4.69) is 35.3 Å². The molecule has 29 heavy (non-hydrogen) atoms. The van der Waals surface area contributed by atoms with Crippen LogP contribution < -0.4 is 0 Å². The average molecular weight is 481 g/mol. The lowest BCUT2D eigenvalue weighted by molar-refractivity contribution is 0.310. The van der Waals surface area contributed by atoms with Crippen molar-refractivity contribution in [1.29, 1.82) is 0 Å². The van der Waals surface area contributed by atoms with Crippen LogP contribution >= 0.6 is 17.0 Å². The molecule has 5 nitrogen and oxygen atoms in total. The number of benzene rings is 2. The van der Waals surface area contributed by atoms with Gasteiger partial charge in [-0.05, 0) is 74.7 Å². The Labute approximate surface area is 183 Å². The van der Waals surface area contributed by atoms with Gasteiger partial charge in [0.15, 0.2) is 9.84 Å². The number of nitrogens with one attached hydrogen (secondary N) is 1. The first kappa shape index (κ1) is 23.6. The van der Waals surface area contributed by atoms with Crippen LogP contribution in [0.2, 0.25) is 0 Å². The van der Waals surface area contributed by atoms with Crippen molar-refractivity contribution >= 4 is 37.7 Å². The number of hydrogen-bond acceptors (Lipinski definition) is 3. The zero-order valence-electron chi connectivity index (χ0n) is 16.6. The van der Waals surface area contributed by atoms with Gasteiger partial charge < -0.3 is 15.4 Å². The highest BCUT2D eigenvalue weighted by molar-refractivity contribution is 8.93. The summed E-state index contributed by atoms with van der Waals surface area (Å²) in [5.41, 5.74) is 3.53. The first-order chi connectivity index (χ1) is 13.0. The molecule has 1 saturated heterocycles. The Morgan fingerprint density at radius 1 is 1.14 bits per heavy atom. The van der Waals surface area contributed by atoms with E-state index in [-0.39, 0.29) is 28.2 Å². The molecule has 1 unspecified atom stereocenters. The van der Waals surface area contributed by atoms with E-state index in [9.17, 15) is 8.42 Å². The molecule has 158 valence electrons. The molecule has 2 aromatic carbocycles. The van der Waals surface area contributed by atoms with Crippen molar-refractivity contribution in [1.82, 2.24) is 9.88 Å². The van der Waals surface area contributed by atoms with Gasteiger partial charge in [0.05, 0.1) is 10.6 Å². The molecular weight excluding hydrogens is 452 g/mol. The van der Waals surface area contributed by atoms with Gasteiger partial charge in [0.2, 0.25) is 0 Å². The predicted octanol–water partition coefficient (Wildman–Crippen LogP) is 3.57. The molecule has 0 saturated carbocycles. The molecule has 3 N–H and O–H groups in total. The number of aromatic amines is 1. The molecule has 4 rings (SSSR count). The fourth-order valence-electron chi connectivity index (χ4n) is 4.04. The van der Waals surface area contributed by atoms with Crippen LogP contribution in [0.3, 0.4) is 0 Å². The minimum atomic E-state index is -3.25. The summed E-state index contributed by atoms with van der Waals surface area (Å²) in [6, 6.07) is 15.6. The van der Waals surface area contributed by atoms with Crippen molar-refractivity contribution in [2.45, 2.75) is 36.6 Å². The summed E-state index contributed by atoms with van der Waals surface area (Å²) < 4.78 is 25.1. The Morgan fingerprint density at radius 2 is 1.90 bits per heavy atom. The van der Waals surface area contributed by atoms with E-state index in [1.807, 2.05) is 12.1 Å². The second kappa shape index (κ2) is 9.89. The number of halogens is 1. The summed E-state index contributed by atoms with van der Waals surface area (Å²) in [5, 5.41) is 1.23. The molecule has 1 aliphatic heterocycles. The van der Waals surface area contributed by atoms with E-state index in [0.717, 1.165) is 17.5 Å². The summed E-state index contributed by atoms with van der Waals surface area (Å²) in [6.45, 7) is 1.18. The topological polar surface area (TPSA) is 84.7 Å². The highest BCUT2D eigenvalue weighted by Crippen LogP contribution is 2.26. The van der Waals surface area contributed by atoms with E-state index in [4.69, 9.17) is 0 Å². The van der Waals surface area contributed by atoms with Gasteiger partial charge in [0, 0.05) is 23.1 Å². The van der Waals surface area contributed by atoms with Crippen molar-refractivity contribution in [3.05, 3.63) is 65.9 Å². The maximum Gasteiger partial charge on any atom is 0.178 e. The van der Waals surface area contributed by atoms with E-state index >= 15 is 0 Å². The van der Waals surface area contributed by atoms with Gasteiger partial charge in [0.25, 0.3) is 0 Å². The quantitative estimate of drug-likeness (QED) is 0.584. The van der Waals surface area contributed by atoms with Gasteiger partial charge in [-0.3, -0.25) is 0 Å². The second-order valence-electron chi connectivity index (χ2n) is 7.56. The fraction of sp³-hybridized carbons (Fsp3) is 0.364. The summed E-state index contributed by atoms with van der Waals surface area (Å²) in [7, 11) is -1.05. The number of nitrogens with zero attached hydrogens (tertiary/aromatic N) is 1. The monoisotopic (exact) mass is 480 g/mol. The van der Waals surface area contributed by atoms with Crippen molar-refractivity contribution in [3.8, 4) is 0 Å². The zero-order chi connectivity index (χ0) is 18.9. The zero-order valence-corrected chi connectivity index (χ0v) is 19.1. The number of sulfone groups is 1. The first-order valence-corrected chi connectivity index (χ1v) is 11.2. The van der Waals surface area contributed by atoms with Crippen LogP contribution in [0.4, 0.5) is 0 Å². The Kier molecular flexibility index (Phi) is 8.05. The molecule has 1 atom stereocenters. The maximum atomic E-state index is 12.5. The van der Waals surface area contributed by atoms with E-state index in [1.54, 1.807) is 24.3 Å². The number of aryl methyl sites for hydroxylation is 1. The lowest BCUT2D eigenvalue weighted by atomic mass is 10.0. The Bertz CT molecular complexity index is 1030. The largest absolute Gasteiger partial charge is 0.412 e. The van der Waals surface area contributed by atoms with Crippen molar-refractivity contribution in [2.24, 2.45) is 0 Å². The van der Waals surface area contributed by atoms with Gasteiger partial charge in [-0.25, -0.2) is 8.42 Å². The molecule has 0 amide bonds. The van der Waals surface area contributed by atoms with Crippen molar-refractivity contribution < 1.29 is 13.9 Å². The molecule has 2 heterocycles. The lowest BCUT2D eigenvalue weighted by Gasteiger charge is -2.18. The molecule has 1 fully saturated rings. The average Bonchev–Trinajstić information content (AvgIpc) is 3.27. The number of rotatable bonds is 6. The smallest absolute Gasteiger partial charge is 0.178 e. The summed E-state index contributed by atoms with van der Waals surface area (Å²) in [5.74, 6) is 0.133. The minimum Gasteiger partial charge on any atom is -0.412 e. The van der Waals surface area contributed by atoms with Crippen LogP contribution in [0.1, 0.15) is 24.0 Å². The number of aromatic nitrogens is 1. The standard InChI is InChI=1S/C22H26N2O2S.BrH.H2O/c1-24-12-5-6-19(24)15-18-16-23-22-10-9-17(14-21(18)22)11-13-27(25,26)20-7-3-2-4-8-20;;/h2-4,7-10,14,16,19,23H,5-6,11-13,15H2,1H3;1H;1H2. The summed E-state index contributed by atoms with van der Waals surface area (Å²) in [6.07, 6.45) is 6.20. The summed E-state index contributed by atoms with van der Waals surface area (Å²) >= 11 is 0. The highest BCUT2D eigenvalue weighted by Gasteiger charge is 2.22. The minimum absolute atomic E-state index is 0. The third-order valence-electron chi connectivity index (χ3n) is 5.72. The molecule has 0 radical (unpaired) electrons. The Morgan fingerprint density at radius 3 is 2.59 bits per heavy atom. The Balaban J connectivity index is 0.00000150. The van der Waals surface area contributed by atoms with Crippen LogP contribution in [0.25, 0.3) is 10.9 Å². The number of fused-ring (bicyclic) bond motifs is 1. The molecule has 3 aromatic rings. The molecule has 1 aromatic heterocycles. The Hall–Kier alpha value is -1.67. The van der Waals surface area contributed by atoms with Gasteiger partial charge in [-0.2, -0.15) is 0 Å². The molecule has 0 spiro atoms. The number of likely N-dealkylation sites (N-methyl/N-ethyl adjacent to an activating group) is 1.